The van der Waals surface area contributed by atoms with E-state index >= 15 is 0 Å². The zero-order valence-corrected chi connectivity index (χ0v) is 8.93. The number of carbonyl (C=O) groups excluding carboxylic acids is 1. The van der Waals surface area contributed by atoms with Gasteiger partial charge in [0.2, 0.25) is 5.78 Å². The van der Waals surface area contributed by atoms with Gasteiger partial charge in [-0.1, -0.05) is 24.3 Å². The van der Waals surface area contributed by atoms with Gasteiger partial charge in [0.1, 0.15) is 14.1 Å². The van der Waals surface area contributed by atoms with Crippen molar-refractivity contribution < 1.29 is 14.1 Å². The maximum Gasteiger partial charge on any atom is 0.324 e. The highest BCUT2D eigenvalue weighted by molar-refractivity contribution is 6.04. The summed E-state index contributed by atoms with van der Waals surface area (Å²) >= 11 is 0. The molecule has 1 atom stereocenters. The molecule has 0 aromatic heterocycles. The highest BCUT2D eigenvalue weighted by atomic mass is 16.5. The fraction of sp³-hybridized carbons (Fsp3) is 0.333. The summed E-state index contributed by atoms with van der Waals surface area (Å²) < 4.78 is 7.20. The number of fused-ring (bicyclic) bond motifs is 1. The van der Waals surface area contributed by atoms with Gasteiger partial charge in [0, 0.05) is 12.0 Å². The Morgan fingerprint density at radius 2 is 2.13 bits per heavy atom. The number of benzene rings is 1. The second-order valence-electron chi connectivity index (χ2n) is 3.92. The van der Waals surface area contributed by atoms with Gasteiger partial charge >= 0.3 is 6.40 Å². The van der Waals surface area contributed by atoms with Gasteiger partial charge in [0.05, 0.1) is 0 Å². The summed E-state index contributed by atoms with van der Waals surface area (Å²) in [5.74, 6) is 0.0868. The summed E-state index contributed by atoms with van der Waals surface area (Å²) in [5, 5.41) is 0. The van der Waals surface area contributed by atoms with Crippen LogP contribution in [0.4, 0.5) is 0 Å². The smallest absolute Gasteiger partial charge is 0.324 e. The minimum absolute atomic E-state index is 0.0868. The van der Waals surface area contributed by atoms with Crippen LogP contribution in [0.5, 0.6) is 0 Å². The lowest BCUT2D eigenvalue weighted by Gasteiger charge is -2.04. The summed E-state index contributed by atoms with van der Waals surface area (Å²) in [4.78, 5) is 11.8. The van der Waals surface area contributed by atoms with E-state index in [2.05, 4.69) is 0 Å². The van der Waals surface area contributed by atoms with Crippen molar-refractivity contribution in [2.45, 2.75) is 12.5 Å². The average Bonchev–Trinajstić information content (AvgIpc) is 2.54. The first-order valence-electron chi connectivity index (χ1n) is 4.96. The van der Waals surface area contributed by atoms with Crippen molar-refractivity contribution in [3.8, 4) is 0 Å². The van der Waals surface area contributed by atoms with Crippen LogP contribution in [0.25, 0.3) is 0 Å². The van der Waals surface area contributed by atoms with E-state index in [-0.39, 0.29) is 11.9 Å². The molecule has 3 nitrogen and oxygen atoms in total. The Labute approximate surface area is 89.0 Å². The molecule has 78 valence electrons. The van der Waals surface area contributed by atoms with Gasteiger partial charge in [-0.25, -0.2) is 4.58 Å². The molecule has 3 heteroatoms. The molecule has 0 saturated heterocycles. The molecule has 15 heavy (non-hydrogen) atoms. The molecule has 0 aliphatic heterocycles. The molecule has 0 fully saturated rings. The van der Waals surface area contributed by atoms with Crippen molar-refractivity contribution in [2.75, 3.05) is 14.1 Å². The van der Waals surface area contributed by atoms with Crippen LogP contribution < -0.4 is 0 Å². The molecule has 2 rings (SSSR count). The largest absolute Gasteiger partial charge is 0.438 e. The van der Waals surface area contributed by atoms with Gasteiger partial charge < -0.3 is 4.74 Å². The van der Waals surface area contributed by atoms with Crippen molar-refractivity contribution in [2.24, 2.45) is 0 Å². The first-order valence-corrected chi connectivity index (χ1v) is 4.96. The Morgan fingerprint density at radius 1 is 1.40 bits per heavy atom. The van der Waals surface area contributed by atoms with E-state index in [0.717, 1.165) is 11.1 Å². The van der Waals surface area contributed by atoms with E-state index in [4.69, 9.17) is 4.74 Å². The highest BCUT2D eigenvalue weighted by Crippen LogP contribution is 2.23. The molecule has 1 aliphatic rings. The van der Waals surface area contributed by atoms with Crippen molar-refractivity contribution in [1.29, 1.82) is 0 Å². The summed E-state index contributed by atoms with van der Waals surface area (Å²) in [7, 11) is 3.74. The molecule has 0 amide bonds. The van der Waals surface area contributed by atoms with Gasteiger partial charge in [-0.3, -0.25) is 4.79 Å². The Bertz CT molecular complexity index is 419. The molecule has 0 saturated carbocycles. The summed E-state index contributed by atoms with van der Waals surface area (Å²) in [6, 6.07) is 7.67. The van der Waals surface area contributed by atoms with Crippen molar-refractivity contribution in [3.63, 3.8) is 0 Å². The maximum absolute atomic E-state index is 11.8. The zero-order chi connectivity index (χ0) is 10.8. The SMILES string of the molecule is C[N+](C)=COC1Cc2ccccc2C1=O. The van der Waals surface area contributed by atoms with Crippen LogP contribution in [0.2, 0.25) is 0 Å². The molecular formula is C12H14NO2+. The predicted octanol–water partition coefficient (Wildman–Crippen LogP) is 1.11. The minimum Gasteiger partial charge on any atom is -0.438 e. The number of hydrogen-bond donors (Lipinski definition) is 0. The number of nitrogens with zero attached hydrogens (tertiary/aromatic N) is 1. The molecule has 0 N–H and O–H groups in total. The van der Waals surface area contributed by atoms with E-state index in [0.29, 0.717) is 6.42 Å². The quantitative estimate of drug-likeness (QED) is 0.410. The summed E-state index contributed by atoms with van der Waals surface area (Å²) in [6.45, 7) is 0. The monoisotopic (exact) mass is 204 g/mol. The molecule has 0 spiro atoms. The van der Waals surface area contributed by atoms with Gasteiger partial charge in [-0.2, -0.15) is 0 Å². The number of carbonyl (C=O) groups is 1. The van der Waals surface area contributed by atoms with E-state index in [1.165, 1.54) is 0 Å². The topological polar surface area (TPSA) is 29.3 Å². The van der Waals surface area contributed by atoms with Gasteiger partial charge in [0.15, 0.2) is 6.10 Å². The second-order valence-corrected chi connectivity index (χ2v) is 3.92. The van der Waals surface area contributed by atoms with Gasteiger partial charge in [-0.05, 0) is 5.56 Å². The molecule has 0 heterocycles. The first kappa shape index (κ1) is 9.90. The molecular weight excluding hydrogens is 190 g/mol. The normalized spacial score (nSPS) is 18.5. The lowest BCUT2D eigenvalue weighted by Crippen LogP contribution is -2.21. The minimum atomic E-state index is -0.343. The Balaban J connectivity index is 2.17. The number of ether oxygens (including phenoxy) is 1. The van der Waals surface area contributed by atoms with E-state index < -0.39 is 0 Å². The lowest BCUT2D eigenvalue weighted by atomic mass is 10.1. The van der Waals surface area contributed by atoms with Crippen LogP contribution >= 0.6 is 0 Å². The molecule has 1 unspecified atom stereocenters. The standard InChI is InChI=1S/C12H14NO2/c1-13(2)8-15-11-7-9-5-3-4-6-10(9)12(11)14/h3-6,8,11H,7H2,1-2H3/q+1. The predicted molar refractivity (Wildman–Crippen MR) is 57.5 cm³/mol. The average molecular weight is 204 g/mol. The van der Waals surface area contributed by atoms with Crippen molar-refractivity contribution in [1.82, 2.24) is 0 Å². The Kier molecular flexibility index (Phi) is 2.54. The second kappa shape index (κ2) is 3.85. The maximum atomic E-state index is 11.8. The van der Waals surface area contributed by atoms with Crippen molar-refractivity contribution in [3.05, 3.63) is 35.4 Å². The van der Waals surface area contributed by atoms with E-state index in [1.54, 1.807) is 11.0 Å². The van der Waals surface area contributed by atoms with Crippen LogP contribution in [0.15, 0.2) is 24.3 Å². The number of ketones is 1. The zero-order valence-electron chi connectivity index (χ0n) is 8.93. The fourth-order valence-electron chi connectivity index (χ4n) is 1.71. The third kappa shape index (κ3) is 1.91. The Hall–Kier alpha value is -1.64. The lowest BCUT2D eigenvalue weighted by molar-refractivity contribution is -0.468. The molecule has 1 aromatic rings. The third-order valence-electron chi connectivity index (χ3n) is 2.42. The van der Waals surface area contributed by atoms with E-state index in [9.17, 15) is 4.79 Å². The first-order chi connectivity index (χ1) is 7.18. The van der Waals surface area contributed by atoms with Crippen LogP contribution in [-0.2, 0) is 11.2 Å². The van der Waals surface area contributed by atoms with Gasteiger partial charge in [0.25, 0.3) is 0 Å². The molecule has 0 radical (unpaired) electrons. The fourth-order valence-corrected chi connectivity index (χ4v) is 1.71. The Morgan fingerprint density at radius 3 is 2.80 bits per heavy atom. The molecule has 1 aliphatic carbocycles. The van der Waals surface area contributed by atoms with Crippen LogP contribution in [-0.4, -0.2) is 37.0 Å². The highest BCUT2D eigenvalue weighted by Gasteiger charge is 2.31. The number of rotatable bonds is 2. The molecule has 1 aromatic carbocycles. The van der Waals surface area contributed by atoms with Gasteiger partial charge in [-0.15, -0.1) is 0 Å². The van der Waals surface area contributed by atoms with Crippen LogP contribution in [0.3, 0.4) is 0 Å². The van der Waals surface area contributed by atoms with Crippen LogP contribution in [0.1, 0.15) is 15.9 Å². The van der Waals surface area contributed by atoms with Crippen molar-refractivity contribution >= 4 is 12.2 Å². The van der Waals surface area contributed by atoms with Crippen LogP contribution in [0, 0.1) is 0 Å². The summed E-state index contributed by atoms with van der Waals surface area (Å²) in [5.41, 5.74) is 1.88. The number of hydrogen-bond acceptors (Lipinski definition) is 2. The molecule has 0 bridgehead atoms. The number of Topliss-reactive ketones (excluding diaryl/α,β-unsaturated/α-hetero) is 1. The summed E-state index contributed by atoms with van der Waals surface area (Å²) in [6.07, 6.45) is 1.91. The van der Waals surface area contributed by atoms with E-state index in [1.807, 2.05) is 38.4 Å². The third-order valence-corrected chi connectivity index (χ3v) is 2.42.